The summed E-state index contributed by atoms with van der Waals surface area (Å²) in [5.41, 5.74) is 0.424. The van der Waals surface area contributed by atoms with E-state index in [2.05, 4.69) is 32.1 Å². The van der Waals surface area contributed by atoms with E-state index in [1.165, 1.54) is 71.7 Å². The van der Waals surface area contributed by atoms with Crippen LogP contribution in [0.1, 0.15) is 0 Å². The maximum atomic E-state index is 15.1. The standard InChI is InChI=1S/C34H14F4N4S4/c35-19-7-15(8-20(36)29(19)33-39-3-1-4-40-33)23-13-27-31(45-23)17-11-26-18(12-25(17)43-27)32-28(44-26)14-24(46-32)16-9-21(37)30(22(38)10-16)34-41-5-2-6-42-34/h1-14H. The summed E-state index contributed by atoms with van der Waals surface area (Å²) in [7, 11) is 0. The van der Waals surface area contributed by atoms with E-state index >= 15 is 17.6 Å². The van der Waals surface area contributed by atoms with E-state index < -0.39 is 23.3 Å². The molecule has 0 fully saturated rings. The summed E-state index contributed by atoms with van der Waals surface area (Å²) in [6.45, 7) is 0. The third kappa shape index (κ3) is 4.36. The van der Waals surface area contributed by atoms with Crippen molar-refractivity contribution in [2.24, 2.45) is 0 Å². The minimum Gasteiger partial charge on any atom is -0.236 e. The molecule has 0 saturated heterocycles. The van der Waals surface area contributed by atoms with Crippen LogP contribution >= 0.6 is 45.3 Å². The summed E-state index contributed by atoms with van der Waals surface area (Å²) < 4.78 is 66.6. The number of nitrogens with zero attached hydrogens (tertiary/aromatic N) is 4. The Morgan fingerprint density at radius 3 is 1.15 bits per heavy atom. The van der Waals surface area contributed by atoms with Crippen molar-refractivity contribution >= 4 is 84.3 Å². The van der Waals surface area contributed by atoms with Crippen LogP contribution in [0.3, 0.4) is 0 Å². The summed E-state index contributed by atoms with van der Waals surface area (Å²) >= 11 is 6.24. The second kappa shape index (κ2) is 10.5. The Hall–Kier alpha value is -4.62. The molecular formula is C34H14F4N4S4. The lowest BCUT2D eigenvalue weighted by Crippen LogP contribution is -1.95. The van der Waals surface area contributed by atoms with Crippen molar-refractivity contribution in [3.05, 3.63) is 109 Å². The first-order valence-electron chi connectivity index (χ1n) is 13.8. The summed E-state index contributed by atoms with van der Waals surface area (Å²) in [4.78, 5) is 17.5. The molecule has 0 aliphatic rings. The number of benzene rings is 3. The monoisotopic (exact) mass is 682 g/mol. The summed E-state index contributed by atoms with van der Waals surface area (Å²) in [6.07, 6.45) is 5.79. The number of hydrogen-bond acceptors (Lipinski definition) is 8. The predicted octanol–water partition coefficient (Wildman–Crippen LogP) is 11.3. The molecule has 0 spiro atoms. The zero-order valence-electron chi connectivity index (χ0n) is 23.0. The van der Waals surface area contributed by atoms with E-state index in [0.29, 0.717) is 11.1 Å². The third-order valence-corrected chi connectivity index (χ3v) is 12.5. The number of halogens is 4. The number of fused-ring (bicyclic) bond motifs is 6. The second-order valence-electron chi connectivity index (χ2n) is 10.4. The van der Waals surface area contributed by atoms with E-state index in [-0.39, 0.29) is 22.8 Å². The number of thiophene rings is 4. The van der Waals surface area contributed by atoms with Crippen LogP contribution in [-0.4, -0.2) is 19.9 Å². The molecule has 0 aliphatic carbocycles. The van der Waals surface area contributed by atoms with Crippen molar-refractivity contribution in [2.45, 2.75) is 0 Å². The van der Waals surface area contributed by atoms with Crippen molar-refractivity contribution in [1.82, 2.24) is 19.9 Å². The Bertz CT molecular complexity index is 2410. The van der Waals surface area contributed by atoms with Crippen molar-refractivity contribution in [3.8, 4) is 43.7 Å². The molecule has 0 N–H and O–H groups in total. The fourth-order valence-corrected chi connectivity index (χ4v) is 10.6. The normalized spacial score (nSPS) is 11.9. The van der Waals surface area contributed by atoms with Gasteiger partial charge in [-0.2, -0.15) is 0 Å². The van der Waals surface area contributed by atoms with Gasteiger partial charge in [0, 0.05) is 64.1 Å². The zero-order valence-corrected chi connectivity index (χ0v) is 26.3. The Morgan fingerprint density at radius 2 is 0.783 bits per heavy atom. The van der Waals surface area contributed by atoms with Crippen LogP contribution < -0.4 is 0 Å². The van der Waals surface area contributed by atoms with E-state index in [1.807, 2.05) is 12.1 Å². The van der Waals surface area contributed by atoms with E-state index in [0.717, 1.165) is 48.7 Å². The molecule has 3 aromatic carbocycles. The van der Waals surface area contributed by atoms with Crippen LogP contribution in [0, 0.1) is 23.3 Å². The zero-order chi connectivity index (χ0) is 31.1. The lowest BCUT2D eigenvalue weighted by molar-refractivity contribution is 0.587. The van der Waals surface area contributed by atoms with Crippen molar-refractivity contribution in [1.29, 1.82) is 0 Å². The SMILES string of the molecule is Fc1cc(-c2cc3sc4cc5c(cc4c3s2)sc2cc(-c3cc(F)c(-c4ncccn4)c(F)c3)sc25)cc(F)c1-c1ncccn1. The Morgan fingerprint density at radius 1 is 0.413 bits per heavy atom. The molecule has 6 aromatic heterocycles. The molecule has 9 rings (SSSR count). The van der Waals surface area contributed by atoms with Gasteiger partial charge in [-0.05, 0) is 71.8 Å². The van der Waals surface area contributed by atoms with E-state index in [1.54, 1.807) is 34.8 Å². The summed E-state index contributed by atoms with van der Waals surface area (Å²) in [5.74, 6) is -2.85. The first-order valence-corrected chi connectivity index (χ1v) is 17.0. The molecule has 0 radical (unpaired) electrons. The van der Waals surface area contributed by atoms with Gasteiger partial charge in [0.15, 0.2) is 11.6 Å². The van der Waals surface area contributed by atoms with Gasteiger partial charge < -0.3 is 0 Å². The summed E-state index contributed by atoms with van der Waals surface area (Å²) in [5, 5.41) is 2.16. The maximum Gasteiger partial charge on any atom is 0.165 e. The molecule has 6 heterocycles. The number of rotatable bonds is 4. The van der Waals surface area contributed by atoms with Gasteiger partial charge in [0.25, 0.3) is 0 Å². The minimum atomic E-state index is -0.714. The van der Waals surface area contributed by atoms with Crippen LogP contribution in [-0.2, 0) is 0 Å². The average molecular weight is 683 g/mol. The highest BCUT2D eigenvalue weighted by atomic mass is 32.1. The molecule has 9 aromatic rings. The van der Waals surface area contributed by atoms with E-state index in [9.17, 15) is 0 Å². The third-order valence-electron chi connectivity index (χ3n) is 7.64. The molecule has 0 aliphatic heterocycles. The Balaban J connectivity index is 1.09. The molecule has 46 heavy (non-hydrogen) atoms. The van der Waals surface area contributed by atoms with Gasteiger partial charge >= 0.3 is 0 Å². The Kier molecular flexibility index (Phi) is 6.29. The molecule has 12 heteroatoms. The topological polar surface area (TPSA) is 51.6 Å². The summed E-state index contributed by atoms with van der Waals surface area (Å²) in [6, 6.07) is 16.8. The number of hydrogen-bond donors (Lipinski definition) is 0. The average Bonchev–Trinajstić information content (AvgIpc) is 3.80. The highest BCUT2D eigenvalue weighted by molar-refractivity contribution is 7.35. The van der Waals surface area contributed by atoms with Gasteiger partial charge in [-0.3, -0.25) is 0 Å². The number of aromatic nitrogens is 4. The van der Waals surface area contributed by atoms with Crippen molar-refractivity contribution in [2.75, 3.05) is 0 Å². The predicted molar refractivity (Wildman–Crippen MR) is 181 cm³/mol. The molecular weight excluding hydrogens is 669 g/mol. The van der Waals surface area contributed by atoms with Gasteiger partial charge in [0.1, 0.15) is 23.3 Å². The largest absolute Gasteiger partial charge is 0.236 e. The molecule has 222 valence electrons. The molecule has 0 bridgehead atoms. The van der Waals surface area contributed by atoms with Gasteiger partial charge in [-0.15, -0.1) is 45.3 Å². The lowest BCUT2D eigenvalue weighted by atomic mass is 10.1. The van der Waals surface area contributed by atoms with Crippen molar-refractivity contribution in [3.63, 3.8) is 0 Å². The second-order valence-corrected chi connectivity index (χ2v) is 14.7. The Labute approximate surface area is 272 Å². The van der Waals surface area contributed by atoms with Crippen LogP contribution in [0.2, 0.25) is 0 Å². The first-order chi connectivity index (χ1) is 22.4. The highest BCUT2D eigenvalue weighted by Crippen LogP contribution is 2.49. The molecule has 0 saturated carbocycles. The van der Waals surface area contributed by atoms with Crippen LogP contribution in [0.5, 0.6) is 0 Å². The fourth-order valence-electron chi connectivity index (χ4n) is 5.60. The van der Waals surface area contributed by atoms with Gasteiger partial charge in [-0.1, -0.05) is 0 Å². The highest BCUT2D eigenvalue weighted by Gasteiger charge is 2.21. The van der Waals surface area contributed by atoms with Crippen LogP contribution in [0.4, 0.5) is 17.6 Å². The van der Waals surface area contributed by atoms with E-state index in [4.69, 9.17) is 0 Å². The van der Waals surface area contributed by atoms with Crippen molar-refractivity contribution < 1.29 is 17.6 Å². The van der Waals surface area contributed by atoms with Gasteiger partial charge in [0.05, 0.1) is 20.5 Å². The smallest absolute Gasteiger partial charge is 0.165 e. The molecule has 0 atom stereocenters. The quantitative estimate of drug-likeness (QED) is 0.173. The van der Waals surface area contributed by atoms with Gasteiger partial charge in [-0.25, -0.2) is 37.5 Å². The fraction of sp³-hybridized carbons (Fsp3) is 0. The maximum absolute atomic E-state index is 15.1. The molecule has 4 nitrogen and oxygen atoms in total. The minimum absolute atomic E-state index is 0.00425. The van der Waals surface area contributed by atoms with Gasteiger partial charge in [0.2, 0.25) is 0 Å². The van der Waals surface area contributed by atoms with Crippen LogP contribution in [0.25, 0.3) is 82.6 Å². The lowest BCUT2D eigenvalue weighted by Gasteiger charge is -2.06. The molecule has 0 amide bonds. The molecule has 0 unspecified atom stereocenters. The van der Waals surface area contributed by atoms with Crippen LogP contribution in [0.15, 0.2) is 85.5 Å². The first kappa shape index (κ1) is 27.7.